The van der Waals surface area contributed by atoms with Gasteiger partial charge in [-0.05, 0) is 48.5 Å². The molecule has 4 aromatic rings. The van der Waals surface area contributed by atoms with Crippen LogP contribution in [0.25, 0.3) is 22.4 Å². The Morgan fingerprint density at radius 3 is 2.66 bits per heavy atom. The summed E-state index contributed by atoms with van der Waals surface area (Å²) < 4.78 is 0. The SMILES string of the molecule is CN1c2c(cccc2-c2nc3ccc(Nc4cc(Cl)cc(Cl)c4)cc3[nH]2)NC1CC(=O)O. The average Bonchev–Trinajstić information content (AvgIpc) is 3.28. The number of H-pyrrole nitrogens is 1. The second-order valence-corrected chi connectivity index (χ2v) is 8.54. The largest absolute Gasteiger partial charge is 0.481 e. The van der Waals surface area contributed by atoms with Gasteiger partial charge in [0.15, 0.2) is 0 Å². The summed E-state index contributed by atoms with van der Waals surface area (Å²) >= 11 is 12.2. The molecule has 1 atom stereocenters. The van der Waals surface area contributed by atoms with Gasteiger partial charge in [0, 0.05) is 34.0 Å². The molecule has 1 aliphatic rings. The van der Waals surface area contributed by atoms with Crippen LogP contribution in [0, 0.1) is 0 Å². The number of fused-ring (bicyclic) bond motifs is 2. The van der Waals surface area contributed by atoms with Crippen LogP contribution in [0.2, 0.25) is 10.0 Å². The number of imidazole rings is 1. The molecule has 0 saturated carbocycles. The van der Waals surface area contributed by atoms with Crippen LogP contribution in [0.3, 0.4) is 0 Å². The highest BCUT2D eigenvalue weighted by molar-refractivity contribution is 6.35. The van der Waals surface area contributed by atoms with Crippen LogP contribution >= 0.6 is 23.2 Å². The number of carboxylic acid groups (broad SMARTS) is 1. The van der Waals surface area contributed by atoms with Crippen molar-refractivity contribution >= 4 is 63.0 Å². The summed E-state index contributed by atoms with van der Waals surface area (Å²) in [5.74, 6) is -0.141. The molecule has 2 heterocycles. The number of benzene rings is 3. The number of aliphatic carboxylic acids is 1. The second-order valence-electron chi connectivity index (χ2n) is 7.67. The van der Waals surface area contributed by atoms with Gasteiger partial charge in [0.25, 0.3) is 0 Å². The minimum absolute atomic E-state index is 0.00665. The van der Waals surface area contributed by atoms with E-state index in [2.05, 4.69) is 15.6 Å². The van der Waals surface area contributed by atoms with Crippen molar-refractivity contribution in [2.45, 2.75) is 12.6 Å². The van der Waals surface area contributed by atoms with Crippen molar-refractivity contribution < 1.29 is 9.90 Å². The highest BCUT2D eigenvalue weighted by Gasteiger charge is 2.30. The Balaban J connectivity index is 1.48. The molecule has 0 bridgehead atoms. The lowest BCUT2D eigenvalue weighted by Gasteiger charge is -2.21. The first-order valence-corrected chi connectivity index (χ1v) is 10.7. The van der Waals surface area contributed by atoms with Crippen LogP contribution in [-0.4, -0.2) is 34.3 Å². The number of para-hydroxylation sites is 1. The Morgan fingerprint density at radius 2 is 1.91 bits per heavy atom. The molecule has 9 heteroatoms. The number of carbonyl (C=O) groups is 1. The molecule has 0 fully saturated rings. The summed E-state index contributed by atoms with van der Waals surface area (Å²) in [6.07, 6.45) is -0.318. The van der Waals surface area contributed by atoms with E-state index in [-0.39, 0.29) is 12.6 Å². The fourth-order valence-electron chi connectivity index (χ4n) is 4.02. The van der Waals surface area contributed by atoms with E-state index in [9.17, 15) is 9.90 Å². The van der Waals surface area contributed by atoms with Gasteiger partial charge in [0.2, 0.25) is 0 Å². The standard InChI is InChI=1S/C23H19Cl2N5O2/c1-30-20(11-21(31)32)27-18-4-2-3-16(22(18)30)23-28-17-6-5-14(10-19(17)29-23)26-15-8-12(24)7-13(25)9-15/h2-10,20,26-27H,11H2,1H3,(H,28,29)(H,31,32). The number of hydrogen-bond acceptors (Lipinski definition) is 5. The molecule has 32 heavy (non-hydrogen) atoms. The minimum atomic E-state index is -0.853. The first-order chi connectivity index (χ1) is 15.4. The van der Waals surface area contributed by atoms with E-state index in [0.717, 1.165) is 39.3 Å². The molecule has 0 spiro atoms. The normalized spacial score (nSPS) is 15.0. The van der Waals surface area contributed by atoms with Crippen LogP contribution in [0.15, 0.2) is 54.6 Å². The van der Waals surface area contributed by atoms with E-state index in [1.807, 2.05) is 48.3 Å². The predicted octanol–water partition coefficient (Wildman–Crippen LogP) is 5.94. The van der Waals surface area contributed by atoms with E-state index in [0.29, 0.717) is 15.9 Å². The maximum Gasteiger partial charge on any atom is 0.307 e. The van der Waals surface area contributed by atoms with Crippen LogP contribution < -0.4 is 15.5 Å². The molecular formula is C23H19Cl2N5O2. The van der Waals surface area contributed by atoms with Gasteiger partial charge in [0.1, 0.15) is 12.0 Å². The fourth-order valence-corrected chi connectivity index (χ4v) is 4.55. The van der Waals surface area contributed by atoms with Gasteiger partial charge in [-0.1, -0.05) is 29.3 Å². The summed E-state index contributed by atoms with van der Waals surface area (Å²) in [6.45, 7) is 0. The molecule has 4 N–H and O–H groups in total. The summed E-state index contributed by atoms with van der Waals surface area (Å²) in [5.41, 5.74) is 6.05. The molecule has 0 amide bonds. The summed E-state index contributed by atoms with van der Waals surface area (Å²) in [7, 11) is 1.89. The summed E-state index contributed by atoms with van der Waals surface area (Å²) in [6, 6.07) is 17.0. The second kappa shape index (κ2) is 7.93. The van der Waals surface area contributed by atoms with Crippen LogP contribution in [0.4, 0.5) is 22.7 Å². The number of nitrogens with one attached hydrogen (secondary N) is 3. The van der Waals surface area contributed by atoms with Crippen LogP contribution in [-0.2, 0) is 4.79 Å². The molecule has 3 aromatic carbocycles. The van der Waals surface area contributed by atoms with Gasteiger partial charge >= 0.3 is 5.97 Å². The van der Waals surface area contributed by atoms with Crippen molar-refractivity contribution in [1.29, 1.82) is 0 Å². The first-order valence-electron chi connectivity index (χ1n) is 9.95. The molecule has 0 saturated heterocycles. The molecule has 5 rings (SSSR count). The first kappa shape index (κ1) is 20.5. The van der Waals surface area contributed by atoms with Gasteiger partial charge in [-0.3, -0.25) is 4.79 Å². The zero-order valence-electron chi connectivity index (χ0n) is 17.0. The molecule has 7 nitrogen and oxygen atoms in total. The number of hydrogen-bond donors (Lipinski definition) is 4. The van der Waals surface area contributed by atoms with Gasteiger partial charge < -0.3 is 25.6 Å². The van der Waals surface area contributed by atoms with Crippen LogP contribution in [0.5, 0.6) is 0 Å². The number of carboxylic acids is 1. The molecule has 162 valence electrons. The lowest BCUT2D eigenvalue weighted by atomic mass is 10.1. The lowest BCUT2D eigenvalue weighted by Crippen LogP contribution is -2.34. The fraction of sp³-hybridized carbons (Fsp3) is 0.130. The molecular weight excluding hydrogens is 449 g/mol. The van der Waals surface area contributed by atoms with Crippen molar-refractivity contribution in [3.05, 3.63) is 64.6 Å². The molecule has 1 aliphatic heterocycles. The highest BCUT2D eigenvalue weighted by atomic mass is 35.5. The highest BCUT2D eigenvalue weighted by Crippen LogP contribution is 2.42. The smallest absolute Gasteiger partial charge is 0.307 e. The van der Waals surface area contributed by atoms with Crippen molar-refractivity contribution in [3.63, 3.8) is 0 Å². The number of rotatable bonds is 5. The van der Waals surface area contributed by atoms with Gasteiger partial charge in [0.05, 0.1) is 28.8 Å². The average molecular weight is 468 g/mol. The summed E-state index contributed by atoms with van der Waals surface area (Å²) in [5, 5.41) is 16.9. The van der Waals surface area contributed by atoms with Crippen molar-refractivity contribution in [2.24, 2.45) is 0 Å². The third-order valence-corrected chi connectivity index (χ3v) is 5.87. The van der Waals surface area contributed by atoms with Crippen molar-refractivity contribution in [2.75, 3.05) is 22.6 Å². The van der Waals surface area contributed by atoms with E-state index >= 15 is 0 Å². The van der Waals surface area contributed by atoms with Crippen molar-refractivity contribution in [3.8, 4) is 11.4 Å². The van der Waals surface area contributed by atoms with Crippen molar-refractivity contribution in [1.82, 2.24) is 9.97 Å². The zero-order chi connectivity index (χ0) is 22.4. The Hall–Kier alpha value is -3.42. The number of halogens is 2. The van der Waals surface area contributed by atoms with E-state index < -0.39 is 5.97 Å². The summed E-state index contributed by atoms with van der Waals surface area (Å²) in [4.78, 5) is 21.3. The van der Waals surface area contributed by atoms with E-state index in [1.165, 1.54) is 0 Å². The maximum atomic E-state index is 11.2. The third-order valence-electron chi connectivity index (χ3n) is 5.43. The number of anilines is 4. The number of aromatic amines is 1. The minimum Gasteiger partial charge on any atom is -0.481 e. The Labute approximate surface area is 194 Å². The number of aromatic nitrogens is 2. The van der Waals surface area contributed by atoms with E-state index in [4.69, 9.17) is 28.2 Å². The Kier molecular flexibility index (Phi) is 5.07. The topological polar surface area (TPSA) is 93.3 Å². The molecule has 0 aliphatic carbocycles. The van der Waals surface area contributed by atoms with Gasteiger partial charge in [-0.2, -0.15) is 0 Å². The predicted molar refractivity (Wildman–Crippen MR) is 129 cm³/mol. The van der Waals surface area contributed by atoms with E-state index in [1.54, 1.807) is 18.2 Å². The number of nitrogens with zero attached hydrogens (tertiary/aromatic N) is 2. The van der Waals surface area contributed by atoms with Gasteiger partial charge in [-0.25, -0.2) is 4.98 Å². The Bertz CT molecular complexity index is 1330. The quantitative estimate of drug-likeness (QED) is 0.290. The molecule has 1 unspecified atom stereocenters. The van der Waals surface area contributed by atoms with Gasteiger partial charge in [-0.15, -0.1) is 0 Å². The maximum absolute atomic E-state index is 11.2. The Morgan fingerprint density at radius 1 is 1.12 bits per heavy atom. The monoisotopic (exact) mass is 467 g/mol. The lowest BCUT2D eigenvalue weighted by molar-refractivity contribution is -0.137. The zero-order valence-corrected chi connectivity index (χ0v) is 18.5. The molecule has 0 radical (unpaired) electrons. The molecule has 1 aromatic heterocycles. The third kappa shape index (κ3) is 3.81. The van der Waals surface area contributed by atoms with Crippen LogP contribution in [0.1, 0.15) is 6.42 Å².